The molecular formula is C6H15AlNaO3. The third-order valence-corrected chi connectivity index (χ3v) is 2.72. The number of hydrogen-bond acceptors (Lipinski definition) is 3. The van der Waals surface area contributed by atoms with Crippen molar-refractivity contribution in [3.8, 4) is 0 Å². The van der Waals surface area contributed by atoms with Crippen LogP contribution in [0, 0.1) is 0 Å². The van der Waals surface area contributed by atoms with E-state index in [1.807, 2.05) is 20.8 Å². The molecule has 11 heavy (non-hydrogen) atoms. The fourth-order valence-electron chi connectivity index (χ4n) is 0.553. The van der Waals surface area contributed by atoms with Crippen LogP contribution < -0.4 is 29.6 Å². The van der Waals surface area contributed by atoms with E-state index in [1.165, 1.54) is 0 Å². The van der Waals surface area contributed by atoms with Crippen LogP contribution >= 0.6 is 0 Å². The van der Waals surface area contributed by atoms with E-state index in [-0.39, 0.29) is 29.6 Å². The van der Waals surface area contributed by atoms with E-state index >= 15 is 0 Å². The second-order valence-corrected chi connectivity index (χ2v) is 3.23. The molecule has 0 aliphatic heterocycles. The molecule has 61 valence electrons. The van der Waals surface area contributed by atoms with E-state index in [0.717, 1.165) is 0 Å². The van der Waals surface area contributed by atoms with E-state index in [4.69, 9.17) is 11.4 Å². The first-order valence-corrected chi connectivity index (χ1v) is 5.11. The van der Waals surface area contributed by atoms with Gasteiger partial charge in [0.1, 0.15) is 0 Å². The van der Waals surface area contributed by atoms with Crippen LogP contribution in [-0.4, -0.2) is 35.0 Å². The summed E-state index contributed by atoms with van der Waals surface area (Å²) in [6, 6.07) is 0. The van der Waals surface area contributed by atoms with Gasteiger partial charge in [0.05, 0.1) is 0 Å². The van der Waals surface area contributed by atoms with E-state index in [1.54, 1.807) is 0 Å². The normalized spacial score (nSPS) is 9.82. The molecule has 0 atom stereocenters. The Bertz CT molecular complexity index is 60.6. The van der Waals surface area contributed by atoms with Crippen LogP contribution in [-0.2, 0) is 11.4 Å². The molecule has 5 heteroatoms. The summed E-state index contributed by atoms with van der Waals surface area (Å²) in [5.74, 6) is 0. The summed E-state index contributed by atoms with van der Waals surface area (Å²) in [7, 11) is 0. The molecule has 1 radical (unpaired) electrons. The van der Waals surface area contributed by atoms with Crippen LogP contribution in [0.4, 0.5) is 0 Å². The predicted octanol–water partition coefficient (Wildman–Crippen LogP) is -1.92. The second kappa shape index (κ2) is 11.4. The topological polar surface area (TPSA) is 27.7 Å². The van der Waals surface area contributed by atoms with Gasteiger partial charge in [-0.15, -0.1) is 0 Å². The van der Waals surface area contributed by atoms with Crippen LogP contribution in [0.25, 0.3) is 0 Å². The van der Waals surface area contributed by atoms with Crippen molar-refractivity contribution in [3.63, 3.8) is 0 Å². The van der Waals surface area contributed by atoms with Crippen molar-refractivity contribution in [3.05, 3.63) is 0 Å². The van der Waals surface area contributed by atoms with Gasteiger partial charge >= 0.3 is 44.7 Å². The van der Waals surface area contributed by atoms with Gasteiger partial charge in [0, 0.05) is 0 Å². The van der Waals surface area contributed by atoms with Gasteiger partial charge in [-0.25, -0.2) is 0 Å². The van der Waals surface area contributed by atoms with Crippen molar-refractivity contribution >= 4 is 15.1 Å². The fourth-order valence-corrected chi connectivity index (χ4v) is 1.66. The zero-order chi connectivity index (χ0) is 7.82. The van der Waals surface area contributed by atoms with Crippen molar-refractivity contribution in [2.45, 2.75) is 20.8 Å². The van der Waals surface area contributed by atoms with Gasteiger partial charge in [-0.3, -0.25) is 0 Å². The van der Waals surface area contributed by atoms with Crippen molar-refractivity contribution in [2.24, 2.45) is 0 Å². The van der Waals surface area contributed by atoms with E-state index < -0.39 is 15.1 Å². The molecule has 0 aromatic rings. The molecule has 3 nitrogen and oxygen atoms in total. The Hall–Kier alpha value is 1.41. The SMILES string of the molecule is CC[O][Al-]([O]CC)[O]CC.[Na+]. The molecule has 0 amide bonds. The maximum atomic E-state index is 5.22. The summed E-state index contributed by atoms with van der Waals surface area (Å²) in [5, 5.41) is 0. The second-order valence-electron chi connectivity index (χ2n) is 1.65. The summed E-state index contributed by atoms with van der Waals surface area (Å²) in [5.41, 5.74) is 0. The first-order valence-electron chi connectivity index (χ1n) is 3.69. The molecular weight excluding hydrogens is 170 g/mol. The summed E-state index contributed by atoms with van der Waals surface area (Å²) in [6.07, 6.45) is 0. The van der Waals surface area contributed by atoms with Crippen molar-refractivity contribution < 1.29 is 40.9 Å². The Morgan fingerprint density at radius 1 is 0.818 bits per heavy atom. The van der Waals surface area contributed by atoms with Crippen molar-refractivity contribution in [2.75, 3.05) is 19.8 Å². The molecule has 0 N–H and O–H groups in total. The summed E-state index contributed by atoms with van der Waals surface area (Å²) >= 11 is -1.73. The molecule has 0 saturated heterocycles. The molecule has 0 aliphatic rings. The zero-order valence-corrected chi connectivity index (χ0v) is 11.1. The average molecular weight is 185 g/mol. The average Bonchev–Trinajstić information content (AvgIpc) is 1.90. The van der Waals surface area contributed by atoms with Gasteiger partial charge in [0.15, 0.2) is 0 Å². The maximum Gasteiger partial charge on any atom is 1.00 e. The fraction of sp³-hybridized carbons (Fsp3) is 1.00. The van der Waals surface area contributed by atoms with Gasteiger partial charge in [0.2, 0.25) is 0 Å². The van der Waals surface area contributed by atoms with E-state index in [9.17, 15) is 0 Å². The first-order chi connectivity index (χ1) is 4.85. The van der Waals surface area contributed by atoms with Gasteiger partial charge in [-0.05, 0) is 40.6 Å². The van der Waals surface area contributed by atoms with Crippen LogP contribution in [0.1, 0.15) is 20.8 Å². The van der Waals surface area contributed by atoms with Crippen molar-refractivity contribution in [1.82, 2.24) is 0 Å². The van der Waals surface area contributed by atoms with E-state index in [2.05, 4.69) is 0 Å². The molecule has 0 aromatic heterocycles. The molecule has 0 heterocycles. The van der Waals surface area contributed by atoms with Gasteiger partial charge in [0.25, 0.3) is 0 Å². The zero-order valence-electron chi connectivity index (χ0n) is 7.92. The monoisotopic (exact) mass is 185 g/mol. The molecule has 0 aliphatic carbocycles. The first kappa shape index (κ1) is 14.9. The Morgan fingerprint density at radius 2 is 1.09 bits per heavy atom. The molecule has 0 spiro atoms. The molecule has 0 rings (SSSR count). The minimum Gasteiger partial charge on any atom is -0.634 e. The van der Waals surface area contributed by atoms with Crippen LogP contribution in [0.15, 0.2) is 0 Å². The summed E-state index contributed by atoms with van der Waals surface area (Å²) < 4.78 is 15.7. The van der Waals surface area contributed by atoms with Crippen LogP contribution in [0.5, 0.6) is 0 Å². The maximum absolute atomic E-state index is 5.22. The standard InChI is InChI=1S/3C2H5O.Al.Na/c3*1-2-3;;/h3*2H2,1H3;;/q3*-1;+2;+1. The quantitative estimate of drug-likeness (QED) is 0.452. The largest absolute Gasteiger partial charge is 1.00 e. The Labute approximate surface area is 96.1 Å². The van der Waals surface area contributed by atoms with Crippen molar-refractivity contribution in [1.29, 1.82) is 0 Å². The molecule has 0 bridgehead atoms. The minimum absolute atomic E-state index is 0. The Morgan fingerprint density at radius 3 is 1.27 bits per heavy atom. The third kappa shape index (κ3) is 9.33. The summed E-state index contributed by atoms with van der Waals surface area (Å²) in [4.78, 5) is 0. The third-order valence-electron chi connectivity index (χ3n) is 0.908. The summed E-state index contributed by atoms with van der Waals surface area (Å²) in [6.45, 7) is 7.86. The van der Waals surface area contributed by atoms with Gasteiger partial charge in [-0.2, -0.15) is 0 Å². The number of hydrogen-bond donors (Lipinski definition) is 0. The molecule has 0 saturated carbocycles. The smallest absolute Gasteiger partial charge is 0.634 e. The van der Waals surface area contributed by atoms with Crippen LogP contribution in [0.3, 0.4) is 0 Å². The Balaban J connectivity index is 0. The molecule has 0 aromatic carbocycles. The van der Waals surface area contributed by atoms with Gasteiger partial charge < -0.3 is 11.4 Å². The van der Waals surface area contributed by atoms with Crippen LogP contribution in [0.2, 0.25) is 0 Å². The molecule has 0 unspecified atom stereocenters. The molecule has 0 fully saturated rings. The van der Waals surface area contributed by atoms with Gasteiger partial charge in [-0.1, -0.05) is 0 Å². The number of rotatable bonds is 6. The van der Waals surface area contributed by atoms with E-state index in [0.29, 0.717) is 19.8 Å². The predicted molar refractivity (Wildman–Crippen MR) is 40.6 cm³/mol. The minimum atomic E-state index is -1.73. The Kier molecular flexibility index (Phi) is 15.5.